The highest BCUT2D eigenvalue weighted by molar-refractivity contribution is 5.97. The van der Waals surface area contributed by atoms with Gasteiger partial charge in [0.15, 0.2) is 0 Å². The zero-order valence-corrected chi connectivity index (χ0v) is 14.6. The van der Waals surface area contributed by atoms with Crippen LogP contribution in [0.25, 0.3) is 0 Å². The molecule has 0 spiro atoms. The second-order valence-electron chi connectivity index (χ2n) is 6.44. The van der Waals surface area contributed by atoms with Crippen LogP contribution >= 0.6 is 0 Å². The SMILES string of the molecule is CN(CC(=O)Nc1cccc(N2CCCC2=O)c1)Cc1cnn(C)c1. The molecule has 0 unspecified atom stereocenters. The van der Waals surface area contributed by atoms with Crippen molar-refractivity contribution in [2.24, 2.45) is 7.05 Å². The Morgan fingerprint density at radius 2 is 2.24 bits per heavy atom. The first-order chi connectivity index (χ1) is 12.0. The second kappa shape index (κ2) is 7.48. The molecule has 1 fully saturated rings. The zero-order chi connectivity index (χ0) is 17.8. The van der Waals surface area contributed by atoms with Crippen molar-refractivity contribution < 1.29 is 9.59 Å². The van der Waals surface area contributed by atoms with Crippen LogP contribution in [0.4, 0.5) is 11.4 Å². The normalized spacial score (nSPS) is 14.4. The van der Waals surface area contributed by atoms with Gasteiger partial charge in [-0.25, -0.2) is 0 Å². The Morgan fingerprint density at radius 3 is 2.92 bits per heavy atom. The summed E-state index contributed by atoms with van der Waals surface area (Å²) >= 11 is 0. The average molecular weight is 341 g/mol. The van der Waals surface area contributed by atoms with Gasteiger partial charge in [-0.15, -0.1) is 0 Å². The van der Waals surface area contributed by atoms with Gasteiger partial charge in [0, 0.05) is 49.7 Å². The molecule has 1 aromatic heterocycles. The zero-order valence-electron chi connectivity index (χ0n) is 14.6. The third-order valence-electron chi connectivity index (χ3n) is 4.14. The lowest BCUT2D eigenvalue weighted by Gasteiger charge is -2.18. The van der Waals surface area contributed by atoms with Crippen molar-refractivity contribution in [1.29, 1.82) is 0 Å². The smallest absolute Gasteiger partial charge is 0.238 e. The van der Waals surface area contributed by atoms with Crippen LogP contribution in [0.1, 0.15) is 18.4 Å². The van der Waals surface area contributed by atoms with Gasteiger partial charge in [0.1, 0.15) is 0 Å². The van der Waals surface area contributed by atoms with E-state index >= 15 is 0 Å². The number of nitrogens with zero attached hydrogens (tertiary/aromatic N) is 4. The number of hydrogen-bond acceptors (Lipinski definition) is 4. The molecule has 2 aromatic rings. The molecule has 7 heteroatoms. The van der Waals surface area contributed by atoms with Gasteiger partial charge in [-0.3, -0.25) is 19.2 Å². The molecular formula is C18H23N5O2. The molecule has 1 saturated heterocycles. The van der Waals surface area contributed by atoms with Crippen molar-refractivity contribution in [3.8, 4) is 0 Å². The first kappa shape index (κ1) is 17.2. The van der Waals surface area contributed by atoms with Gasteiger partial charge in [-0.1, -0.05) is 6.07 Å². The Kier molecular flexibility index (Phi) is 5.14. The molecule has 1 aromatic carbocycles. The van der Waals surface area contributed by atoms with Crippen molar-refractivity contribution in [1.82, 2.24) is 14.7 Å². The van der Waals surface area contributed by atoms with E-state index in [1.807, 2.05) is 49.5 Å². The van der Waals surface area contributed by atoms with E-state index < -0.39 is 0 Å². The Labute approximate surface area is 147 Å². The van der Waals surface area contributed by atoms with Gasteiger partial charge in [0.25, 0.3) is 0 Å². The van der Waals surface area contributed by atoms with Crippen LogP contribution in [0.3, 0.4) is 0 Å². The summed E-state index contributed by atoms with van der Waals surface area (Å²) in [4.78, 5) is 27.8. The van der Waals surface area contributed by atoms with Crippen LogP contribution in [0.5, 0.6) is 0 Å². The highest BCUT2D eigenvalue weighted by atomic mass is 16.2. The molecule has 1 aliphatic rings. The maximum atomic E-state index is 12.3. The average Bonchev–Trinajstić information content (AvgIpc) is 3.15. The third kappa shape index (κ3) is 4.45. The van der Waals surface area contributed by atoms with Crippen molar-refractivity contribution in [2.45, 2.75) is 19.4 Å². The summed E-state index contributed by atoms with van der Waals surface area (Å²) < 4.78 is 1.74. The number of nitrogens with one attached hydrogen (secondary N) is 1. The lowest BCUT2D eigenvalue weighted by Crippen LogP contribution is -2.30. The number of aromatic nitrogens is 2. The number of benzene rings is 1. The largest absolute Gasteiger partial charge is 0.325 e. The van der Waals surface area contributed by atoms with E-state index in [4.69, 9.17) is 0 Å². The molecule has 0 bridgehead atoms. The van der Waals surface area contributed by atoms with Gasteiger partial charge < -0.3 is 10.2 Å². The highest BCUT2D eigenvalue weighted by Crippen LogP contribution is 2.24. The molecule has 2 heterocycles. The third-order valence-corrected chi connectivity index (χ3v) is 4.14. The summed E-state index contributed by atoms with van der Waals surface area (Å²) in [5, 5.41) is 7.03. The molecule has 132 valence electrons. The first-order valence-corrected chi connectivity index (χ1v) is 8.37. The molecule has 3 rings (SSSR count). The minimum Gasteiger partial charge on any atom is -0.325 e. The summed E-state index contributed by atoms with van der Waals surface area (Å²) in [7, 11) is 3.76. The van der Waals surface area contributed by atoms with Crippen LogP contribution in [0.2, 0.25) is 0 Å². The molecule has 0 aliphatic carbocycles. The highest BCUT2D eigenvalue weighted by Gasteiger charge is 2.21. The van der Waals surface area contributed by atoms with Crippen LogP contribution in [-0.4, -0.2) is 46.6 Å². The maximum absolute atomic E-state index is 12.3. The summed E-state index contributed by atoms with van der Waals surface area (Å²) in [6.07, 6.45) is 5.21. The van der Waals surface area contributed by atoms with Crippen LogP contribution in [0, 0.1) is 0 Å². The number of rotatable bonds is 6. The molecule has 0 saturated carbocycles. The molecule has 0 radical (unpaired) electrons. The lowest BCUT2D eigenvalue weighted by molar-refractivity contribution is -0.117. The quantitative estimate of drug-likeness (QED) is 0.867. The molecule has 25 heavy (non-hydrogen) atoms. The number of hydrogen-bond donors (Lipinski definition) is 1. The van der Waals surface area contributed by atoms with E-state index in [1.54, 1.807) is 15.8 Å². The van der Waals surface area contributed by atoms with Crippen LogP contribution in [0.15, 0.2) is 36.7 Å². The Morgan fingerprint density at radius 1 is 1.40 bits per heavy atom. The number of likely N-dealkylation sites (N-methyl/N-ethyl adjacent to an activating group) is 1. The van der Waals surface area contributed by atoms with Crippen LogP contribution in [-0.2, 0) is 23.2 Å². The van der Waals surface area contributed by atoms with Crippen molar-refractivity contribution >= 4 is 23.2 Å². The summed E-state index contributed by atoms with van der Waals surface area (Å²) in [5.74, 6) is 0.0518. The fourth-order valence-electron chi connectivity index (χ4n) is 3.04. The summed E-state index contributed by atoms with van der Waals surface area (Å²) in [6.45, 7) is 1.68. The molecule has 2 amide bonds. The number of anilines is 2. The summed E-state index contributed by atoms with van der Waals surface area (Å²) in [6, 6.07) is 7.44. The van der Waals surface area contributed by atoms with E-state index in [0.29, 0.717) is 18.7 Å². The monoisotopic (exact) mass is 341 g/mol. The molecule has 7 nitrogen and oxygen atoms in total. The van der Waals surface area contributed by atoms with Crippen molar-refractivity contribution in [3.05, 3.63) is 42.2 Å². The summed E-state index contributed by atoms with van der Waals surface area (Å²) in [5.41, 5.74) is 2.60. The van der Waals surface area contributed by atoms with E-state index in [9.17, 15) is 9.59 Å². The van der Waals surface area contributed by atoms with Gasteiger partial charge in [0.2, 0.25) is 11.8 Å². The molecular weight excluding hydrogens is 318 g/mol. The van der Waals surface area contributed by atoms with Gasteiger partial charge >= 0.3 is 0 Å². The van der Waals surface area contributed by atoms with E-state index in [0.717, 1.165) is 24.2 Å². The Bertz CT molecular complexity index is 770. The Hall–Kier alpha value is -2.67. The van der Waals surface area contributed by atoms with E-state index in [-0.39, 0.29) is 18.4 Å². The predicted molar refractivity (Wildman–Crippen MR) is 96.2 cm³/mol. The lowest BCUT2D eigenvalue weighted by atomic mass is 10.2. The predicted octanol–water partition coefficient (Wildman–Crippen LogP) is 1.62. The minimum atomic E-state index is -0.0868. The van der Waals surface area contributed by atoms with E-state index in [1.165, 1.54) is 0 Å². The minimum absolute atomic E-state index is 0.0868. The Balaban J connectivity index is 1.56. The van der Waals surface area contributed by atoms with Crippen molar-refractivity contribution in [3.63, 3.8) is 0 Å². The second-order valence-corrected chi connectivity index (χ2v) is 6.44. The number of aryl methyl sites for hydroxylation is 1. The first-order valence-electron chi connectivity index (χ1n) is 8.37. The number of carbonyl (C=O) groups is 2. The maximum Gasteiger partial charge on any atom is 0.238 e. The van der Waals surface area contributed by atoms with Gasteiger partial charge in [-0.05, 0) is 31.7 Å². The fraction of sp³-hybridized carbons (Fsp3) is 0.389. The molecule has 1 N–H and O–H groups in total. The fourth-order valence-corrected chi connectivity index (χ4v) is 3.04. The molecule has 1 aliphatic heterocycles. The van der Waals surface area contributed by atoms with Gasteiger partial charge in [0.05, 0.1) is 12.7 Å². The van der Waals surface area contributed by atoms with Gasteiger partial charge in [-0.2, -0.15) is 5.10 Å². The van der Waals surface area contributed by atoms with Crippen LogP contribution < -0.4 is 10.2 Å². The number of amides is 2. The van der Waals surface area contributed by atoms with Crippen molar-refractivity contribution in [2.75, 3.05) is 30.4 Å². The number of carbonyl (C=O) groups excluding carboxylic acids is 2. The standard InChI is InChI=1S/C18H23N5O2/c1-21(11-14-10-19-22(2)12-14)13-17(24)20-15-5-3-6-16(9-15)23-8-4-7-18(23)25/h3,5-6,9-10,12H,4,7-8,11,13H2,1-2H3,(H,20,24). The molecule has 0 atom stereocenters. The van der Waals surface area contributed by atoms with E-state index in [2.05, 4.69) is 10.4 Å². The topological polar surface area (TPSA) is 70.5 Å².